The minimum absolute atomic E-state index is 0.0493. The highest BCUT2D eigenvalue weighted by atomic mass is 79.9. The van der Waals surface area contributed by atoms with Gasteiger partial charge in [0.2, 0.25) is 0 Å². The van der Waals surface area contributed by atoms with Gasteiger partial charge in [-0.1, -0.05) is 42.1 Å². The topological polar surface area (TPSA) is 46.5 Å². The number of carbonyl (C=O) groups is 1. The Bertz CT molecular complexity index is 377. The maximum absolute atomic E-state index is 11.6. The molecule has 0 heterocycles. The van der Waals surface area contributed by atoms with Crippen molar-refractivity contribution in [1.82, 2.24) is 0 Å². The highest BCUT2D eigenvalue weighted by Gasteiger charge is 2.12. The Hall–Kier alpha value is -1.03. The molecule has 17 heavy (non-hydrogen) atoms. The summed E-state index contributed by atoms with van der Waals surface area (Å²) >= 11 is 3.25. The van der Waals surface area contributed by atoms with Gasteiger partial charge in [0.15, 0.2) is 0 Å². The molecule has 0 aliphatic carbocycles. The fraction of sp³-hybridized carbons (Fsp3) is 0.462. The molecule has 0 aliphatic heterocycles. The number of esters is 1. The molecule has 0 aromatic heterocycles. The van der Waals surface area contributed by atoms with Crippen LogP contribution in [0.25, 0.3) is 0 Å². The van der Waals surface area contributed by atoms with E-state index in [1.165, 1.54) is 6.07 Å². The summed E-state index contributed by atoms with van der Waals surface area (Å²) in [7, 11) is 0. The summed E-state index contributed by atoms with van der Waals surface area (Å²) in [5.41, 5.74) is 0.204. The minimum Gasteiger partial charge on any atom is -0.507 e. The number of phenolic OH excluding ortho intramolecular Hbond substituents is 1. The molecule has 1 aromatic rings. The molecular weight excluding hydrogens is 284 g/mol. The van der Waals surface area contributed by atoms with Crippen molar-refractivity contribution in [3.63, 3.8) is 0 Å². The first-order valence-corrected chi connectivity index (χ1v) is 6.60. The number of ether oxygens (including phenoxy) is 1. The number of hydrogen-bond acceptors (Lipinski definition) is 3. The van der Waals surface area contributed by atoms with Gasteiger partial charge in [-0.15, -0.1) is 0 Å². The van der Waals surface area contributed by atoms with Crippen LogP contribution in [0.1, 0.15) is 43.0 Å². The maximum atomic E-state index is 11.6. The number of rotatable bonds is 6. The second kappa shape index (κ2) is 7.33. The molecule has 0 aliphatic rings. The molecule has 1 N–H and O–H groups in total. The van der Waals surface area contributed by atoms with E-state index in [2.05, 4.69) is 22.9 Å². The monoisotopic (exact) mass is 300 g/mol. The zero-order valence-electron chi connectivity index (χ0n) is 9.91. The summed E-state index contributed by atoms with van der Waals surface area (Å²) in [5, 5.41) is 9.52. The predicted octanol–water partition coefficient (Wildman–Crippen LogP) is 3.89. The minimum atomic E-state index is -0.472. The standard InChI is InChI=1S/C13H17BrO3/c1-2-3-4-5-8-17-13(16)11-9-10(14)6-7-12(11)15/h6-7,9,15H,2-5,8H2,1H3. The van der Waals surface area contributed by atoms with E-state index in [0.29, 0.717) is 6.61 Å². The fourth-order valence-corrected chi connectivity index (χ4v) is 1.80. The Kier molecular flexibility index (Phi) is 6.05. The van der Waals surface area contributed by atoms with Crippen molar-refractivity contribution in [2.45, 2.75) is 32.6 Å². The third-order valence-electron chi connectivity index (χ3n) is 2.41. The summed E-state index contributed by atoms with van der Waals surface area (Å²) in [4.78, 5) is 11.6. The highest BCUT2D eigenvalue weighted by molar-refractivity contribution is 9.10. The number of phenols is 1. The molecular formula is C13H17BrO3. The number of carbonyl (C=O) groups excluding carboxylic acids is 1. The first-order valence-electron chi connectivity index (χ1n) is 5.80. The molecule has 0 radical (unpaired) electrons. The molecule has 0 saturated heterocycles. The quantitative estimate of drug-likeness (QED) is 0.640. The normalized spacial score (nSPS) is 10.2. The second-order valence-electron chi connectivity index (χ2n) is 3.86. The van der Waals surface area contributed by atoms with E-state index in [9.17, 15) is 9.90 Å². The van der Waals surface area contributed by atoms with Crippen molar-refractivity contribution in [3.05, 3.63) is 28.2 Å². The number of benzene rings is 1. The Balaban J connectivity index is 2.44. The van der Waals surface area contributed by atoms with E-state index in [4.69, 9.17) is 4.74 Å². The van der Waals surface area contributed by atoms with E-state index in [1.807, 2.05) is 0 Å². The van der Waals surface area contributed by atoms with Crippen LogP contribution in [0.3, 0.4) is 0 Å². The molecule has 1 rings (SSSR count). The zero-order valence-corrected chi connectivity index (χ0v) is 11.5. The van der Waals surface area contributed by atoms with E-state index in [0.717, 1.165) is 30.2 Å². The lowest BCUT2D eigenvalue weighted by atomic mass is 10.2. The van der Waals surface area contributed by atoms with Crippen molar-refractivity contribution >= 4 is 21.9 Å². The van der Waals surface area contributed by atoms with Crippen LogP contribution in [0.15, 0.2) is 22.7 Å². The van der Waals surface area contributed by atoms with Crippen molar-refractivity contribution in [1.29, 1.82) is 0 Å². The summed E-state index contributed by atoms with van der Waals surface area (Å²) in [6, 6.07) is 4.70. The van der Waals surface area contributed by atoms with Crippen LogP contribution in [0.4, 0.5) is 0 Å². The molecule has 0 unspecified atom stereocenters. The lowest BCUT2D eigenvalue weighted by Gasteiger charge is -2.06. The van der Waals surface area contributed by atoms with Gasteiger partial charge < -0.3 is 9.84 Å². The third-order valence-corrected chi connectivity index (χ3v) is 2.90. The largest absolute Gasteiger partial charge is 0.507 e. The van der Waals surface area contributed by atoms with E-state index >= 15 is 0 Å². The smallest absolute Gasteiger partial charge is 0.341 e. The van der Waals surface area contributed by atoms with Gasteiger partial charge >= 0.3 is 5.97 Å². The van der Waals surface area contributed by atoms with Gasteiger partial charge in [0, 0.05) is 4.47 Å². The summed E-state index contributed by atoms with van der Waals surface area (Å²) in [6.45, 7) is 2.54. The van der Waals surface area contributed by atoms with Crippen LogP contribution in [0.5, 0.6) is 5.75 Å². The third kappa shape index (κ3) is 4.77. The fourth-order valence-electron chi connectivity index (χ4n) is 1.44. The molecule has 0 bridgehead atoms. The van der Waals surface area contributed by atoms with Gasteiger partial charge in [-0.3, -0.25) is 0 Å². The van der Waals surface area contributed by atoms with E-state index in [1.54, 1.807) is 12.1 Å². The zero-order chi connectivity index (χ0) is 12.7. The molecule has 0 amide bonds. The van der Waals surface area contributed by atoms with Crippen molar-refractivity contribution in [2.75, 3.05) is 6.61 Å². The number of hydrogen-bond donors (Lipinski definition) is 1. The molecule has 0 spiro atoms. The predicted molar refractivity (Wildman–Crippen MR) is 70.2 cm³/mol. The lowest BCUT2D eigenvalue weighted by molar-refractivity contribution is 0.0494. The SMILES string of the molecule is CCCCCCOC(=O)c1cc(Br)ccc1O. The average molecular weight is 301 g/mol. The molecule has 94 valence electrons. The van der Waals surface area contributed by atoms with Gasteiger partial charge in [-0.2, -0.15) is 0 Å². The van der Waals surface area contributed by atoms with Crippen LogP contribution >= 0.6 is 15.9 Å². The Labute approximate surface area is 110 Å². The molecule has 0 saturated carbocycles. The second-order valence-corrected chi connectivity index (χ2v) is 4.77. The van der Waals surface area contributed by atoms with Crippen LogP contribution in [-0.2, 0) is 4.74 Å². The highest BCUT2D eigenvalue weighted by Crippen LogP contribution is 2.22. The number of halogens is 1. The molecule has 4 heteroatoms. The van der Waals surface area contributed by atoms with Crippen LogP contribution in [-0.4, -0.2) is 17.7 Å². The molecule has 3 nitrogen and oxygen atoms in total. The van der Waals surface area contributed by atoms with Gasteiger partial charge in [0.1, 0.15) is 11.3 Å². The van der Waals surface area contributed by atoms with Gasteiger partial charge in [0.25, 0.3) is 0 Å². The first-order chi connectivity index (χ1) is 8.15. The molecule has 0 atom stereocenters. The van der Waals surface area contributed by atoms with Gasteiger partial charge in [-0.05, 0) is 24.6 Å². The average Bonchev–Trinajstić information content (AvgIpc) is 2.32. The lowest BCUT2D eigenvalue weighted by Crippen LogP contribution is -2.06. The van der Waals surface area contributed by atoms with Crippen LogP contribution < -0.4 is 0 Å². The molecule has 1 aromatic carbocycles. The van der Waals surface area contributed by atoms with Gasteiger partial charge in [0.05, 0.1) is 6.61 Å². The summed E-state index contributed by atoms with van der Waals surface area (Å²) < 4.78 is 5.83. The van der Waals surface area contributed by atoms with Crippen molar-refractivity contribution < 1.29 is 14.6 Å². The van der Waals surface area contributed by atoms with Crippen LogP contribution in [0.2, 0.25) is 0 Å². The van der Waals surface area contributed by atoms with Crippen molar-refractivity contribution in [2.24, 2.45) is 0 Å². The van der Waals surface area contributed by atoms with E-state index < -0.39 is 5.97 Å². The van der Waals surface area contributed by atoms with E-state index in [-0.39, 0.29) is 11.3 Å². The Morgan fingerprint density at radius 2 is 2.12 bits per heavy atom. The Morgan fingerprint density at radius 3 is 2.82 bits per heavy atom. The molecule has 0 fully saturated rings. The maximum Gasteiger partial charge on any atom is 0.341 e. The van der Waals surface area contributed by atoms with Crippen LogP contribution in [0, 0.1) is 0 Å². The number of unbranched alkanes of at least 4 members (excludes halogenated alkanes) is 3. The van der Waals surface area contributed by atoms with Gasteiger partial charge in [-0.25, -0.2) is 4.79 Å². The summed E-state index contributed by atoms with van der Waals surface area (Å²) in [6.07, 6.45) is 4.24. The van der Waals surface area contributed by atoms with Crippen molar-refractivity contribution in [3.8, 4) is 5.75 Å². The summed E-state index contributed by atoms with van der Waals surface area (Å²) in [5.74, 6) is -0.521. The number of aromatic hydroxyl groups is 1. The Morgan fingerprint density at radius 1 is 1.35 bits per heavy atom. The first kappa shape index (κ1) is 14.0.